The zero-order valence-electron chi connectivity index (χ0n) is 23.3. The number of aromatic hydroxyl groups is 1. The van der Waals surface area contributed by atoms with Crippen molar-refractivity contribution in [3.8, 4) is 17.6 Å². The molecule has 214 valence electrons. The van der Waals surface area contributed by atoms with Crippen molar-refractivity contribution in [2.75, 3.05) is 33.1 Å². The lowest BCUT2D eigenvalue weighted by Crippen LogP contribution is -2.73. The summed E-state index contributed by atoms with van der Waals surface area (Å²) in [5, 5.41) is 45.7. The fourth-order valence-electron chi connectivity index (χ4n) is 6.81. The molecule has 0 radical (unpaired) electrons. The number of aliphatic hydroxyl groups excluding tert-OH is 2. The van der Waals surface area contributed by atoms with Gasteiger partial charge in [-0.3, -0.25) is 14.4 Å². The van der Waals surface area contributed by atoms with Crippen LogP contribution in [-0.4, -0.2) is 88.7 Å². The second-order valence-corrected chi connectivity index (χ2v) is 11.4. The van der Waals surface area contributed by atoms with Crippen molar-refractivity contribution in [3.63, 3.8) is 0 Å². The Morgan fingerprint density at radius 2 is 1.73 bits per heavy atom. The van der Waals surface area contributed by atoms with Gasteiger partial charge < -0.3 is 36.0 Å². The molecule has 0 bridgehead atoms. The number of primary amides is 1. The number of ketones is 2. The van der Waals surface area contributed by atoms with Crippen LogP contribution in [0.25, 0.3) is 5.76 Å². The summed E-state index contributed by atoms with van der Waals surface area (Å²) >= 11 is 0. The van der Waals surface area contributed by atoms with E-state index in [-0.39, 0.29) is 35.3 Å². The van der Waals surface area contributed by atoms with Crippen molar-refractivity contribution in [1.29, 1.82) is 0 Å². The Morgan fingerprint density at radius 1 is 1.07 bits per heavy atom. The molecule has 2 fully saturated rings. The standard InChI is InChI=1S/C31H33N3O7/c1-33(2)20-14-16(11-10-15-8-6-5-7-9-15)25(35)22-18(20)12-17-13-19-24(34(3)4)27(37)23(30(32)40)29(39)31(19,41)28(38)21(17)26(22)36/h5-9,14,17,19,23-24,27,35-37,41H,12-13H2,1-4H3,(H2,32,40)/t17-,19-,23?,24-,27?,31-/m0/s1. The molecule has 1 amide bonds. The van der Waals surface area contributed by atoms with E-state index in [1.54, 1.807) is 25.1 Å². The first-order valence-electron chi connectivity index (χ1n) is 13.3. The number of carbonyl (C=O) groups excluding carboxylic acids is 3. The predicted molar refractivity (Wildman–Crippen MR) is 151 cm³/mol. The zero-order chi connectivity index (χ0) is 30.0. The summed E-state index contributed by atoms with van der Waals surface area (Å²) in [7, 11) is 6.85. The Morgan fingerprint density at radius 3 is 2.32 bits per heavy atom. The van der Waals surface area contributed by atoms with Gasteiger partial charge in [-0.2, -0.15) is 0 Å². The second-order valence-electron chi connectivity index (χ2n) is 11.4. The number of anilines is 1. The van der Waals surface area contributed by atoms with Crippen LogP contribution in [0.15, 0.2) is 42.0 Å². The third-order valence-electron chi connectivity index (χ3n) is 8.66. The van der Waals surface area contributed by atoms with Crippen LogP contribution in [0.5, 0.6) is 5.75 Å². The molecule has 2 unspecified atom stereocenters. The molecule has 2 aromatic rings. The quantitative estimate of drug-likeness (QED) is 0.267. The van der Waals surface area contributed by atoms with E-state index in [9.17, 15) is 34.8 Å². The molecular formula is C31H33N3O7. The number of carbonyl (C=O) groups is 3. The largest absolute Gasteiger partial charge is 0.507 e. The second kappa shape index (κ2) is 10.0. The molecule has 0 spiro atoms. The van der Waals surface area contributed by atoms with E-state index in [4.69, 9.17) is 5.73 Å². The molecule has 6 atom stereocenters. The SMILES string of the molecule is CN(C)c1cc(C#Cc2ccccc2)c(O)c2c1C[C@H]1C[C@H]3[C@H](N(C)C)C(O)C(C(N)=O)C(=O)[C@@]3(O)C(=O)C1=C2O. The van der Waals surface area contributed by atoms with Crippen molar-refractivity contribution >= 4 is 28.9 Å². The number of phenols is 1. The zero-order valence-corrected chi connectivity index (χ0v) is 23.3. The molecule has 2 aromatic carbocycles. The van der Waals surface area contributed by atoms with Gasteiger partial charge in [-0.25, -0.2) is 0 Å². The van der Waals surface area contributed by atoms with Gasteiger partial charge in [-0.05, 0) is 56.6 Å². The minimum absolute atomic E-state index is 0.00844. The number of amides is 1. The van der Waals surface area contributed by atoms with Crippen LogP contribution >= 0.6 is 0 Å². The molecule has 0 heterocycles. The van der Waals surface area contributed by atoms with E-state index >= 15 is 0 Å². The van der Waals surface area contributed by atoms with Gasteiger partial charge >= 0.3 is 0 Å². The lowest BCUT2D eigenvalue weighted by molar-refractivity contribution is -0.184. The molecule has 0 aromatic heterocycles. The highest BCUT2D eigenvalue weighted by atomic mass is 16.3. The fraction of sp³-hybridized carbons (Fsp3) is 0.387. The first-order valence-corrected chi connectivity index (χ1v) is 13.3. The van der Waals surface area contributed by atoms with Gasteiger partial charge in [0, 0.05) is 42.9 Å². The van der Waals surface area contributed by atoms with Crippen molar-refractivity contribution in [2.24, 2.45) is 23.5 Å². The first kappa shape index (κ1) is 28.4. The number of benzene rings is 2. The minimum atomic E-state index is -2.70. The number of hydrogen-bond donors (Lipinski definition) is 5. The average Bonchev–Trinajstić information content (AvgIpc) is 2.90. The van der Waals surface area contributed by atoms with E-state index in [1.165, 1.54) is 0 Å². The van der Waals surface area contributed by atoms with Gasteiger partial charge in [0.05, 0.1) is 17.2 Å². The van der Waals surface area contributed by atoms with Crippen molar-refractivity contribution in [2.45, 2.75) is 30.6 Å². The minimum Gasteiger partial charge on any atom is -0.507 e. The Kier molecular flexibility index (Phi) is 6.94. The van der Waals surface area contributed by atoms with Gasteiger partial charge in [-0.15, -0.1) is 0 Å². The van der Waals surface area contributed by atoms with E-state index in [0.29, 0.717) is 16.8 Å². The lowest BCUT2D eigenvalue weighted by atomic mass is 9.54. The molecule has 5 rings (SSSR count). The summed E-state index contributed by atoms with van der Waals surface area (Å²) in [6, 6.07) is 9.93. The highest BCUT2D eigenvalue weighted by molar-refractivity contribution is 6.25. The van der Waals surface area contributed by atoms with E-state index < -0.39 is 58.7 Å². The van der Waals surface area contributed by atoms with Crippen LogP contribution in [-0.2, 0) is 20.8 Å². The summed E-state index contributed by atoms with van der Waals surface area (Å²) in [5.41, 5.74) is 4.74. The van der Waals surface area contributed by atoms with Crippen LogP contribution in [0.2, 0.25) is 0 Å². The van der Waals surface area contributed by atoms with Gasteiger partial charge in [-0.1, -0.05) is 30.0 Å². The molecule has 3 aliphatic carbocycles. The van der Waals surface area contributed by atoms with Crippen LogP contribution in [0.1, 0.15) is 28.7 Å². The normalized spacial score (nSPS) is 28.8. The Bertz CT molecular complexity index is 1550. The molecule has 10 heteroatoms. The average molecular weight is 560 g/mol. The summed E-state index contributed by atoms with van der Waals surface area (Å²) in [5.74, 6) is -1.84. The van der Waals surface area contributed by atoms with Gasteiger partial charge in [0.25, 0.3) is 0 Å². The molecule has 2 saturated carbocycles. The third kappa shape index (κ3) is 4.20. The highest BCUT2D eigenvalue weighted by Gasteiger charge is 2.67. The maximum atomic E-state index is 14.1. The Labute approximate surface area is 237 Å². The van der Waals surface area contributed by atoms with E-state index in [1.807, 2.05) is 49.3 Å². The monoisotopic (exact) mass is 559 g/mol. The smallest absolute Gasteiger partial charge is 0.230 e. The van der Waals surface area contributed by atoms with E-state index in [0.717, 1.165) is 0 Å². The van der Waals surface area contributed by atoms with Gasteiger partial charge in [0.2, 0.25) is 11.7 Å². The third-order valence-corrected chi connectivity index (χ3v) is 8.66. The number of fused-ring (bicyclic) bond motifs is 3. The number of nitrogens with two attached hydrogens (primary N) is 1. The number of rotatable bonds is 3. The number of Topliss-reactive ketones (excluding diaryl/α,β-unsaturated/α-hetero) is 2. The summed E-state index contributed by atoms with van der Waals surface area (Å²) in [6.45, 7) is 0. The number of phenolic OH excluding ortho intramolecular Hbond substituents is 1. The van der Waals surface area contributed by atoms with Crippen LogP contribution in [0.3, 0.4) is 0 Å². The van der Waals surface area contributed by atoms with Crippen LogP contribution < -0.4 is 10.6 Å². The summed E-state index contributed by atoms with van der Waals surface area (Å²) in [4.78, 5) is 43.1. The van der Waals surface area contributed by atoms with Gasteiger partial charge in [0.15, 0.2) is 11.4 Å². The topological polar surface area (TPSA) is 165 Å². The van der Waals surface area contributed by atoms with Crippen molar-refractivity contribution in [3.05, 3.63) is 64.2 Å². The fourth-order valence-corrected chi connectivity index (χ4v) is 6.81. The Hall–Kier alpha value is -4.17. The number of aliphatic hydroxyl groups is 3. The maximum Gasteiger partial charge on any atom is 0.230 e. The van der Waals surface area contributed by atoms with E-state index in [2.05, 4.69) is 11.8 Å². The van der Waals surface area contributed by atoms with Crippen LogP contribution in [0.4, 0.5) is 5.69 Å². The predicted octanol–water partition coefficient (Wildman–Crippen LogP) is 0.595. The number of hydrogen-bond acceptors (Lipinski definition) is 9. The number of nitrogens with zero attached hydrogens (tertiary/aromatic N) is 2. The molecule has 10 nitrogen and oxygen atoms in total. The highest BCUT2D eigenvalue weighted by Crippen LogP contribution is 2.53. The molecule has 41 heavy (non-hydrogen) atoms. The first-order chi connectivity index (χ1) is 19.3. The van der Waals surface area contributed by atoms with Crippen molar-refractivity contribution < 1.29 is 34.8 Å². The summed E-state index contributed by atoms with van der Waals surface area (Å²) < 4.78 is 0. The lowest BCUT2D eigenvalue weighted by Gasteiger charge is -2.53. The molecule has 0 saturated heterocycles. The van der Waals surface area contributed by atoms with Crippen LogP contribution in [0, 0.1) is 29.6 Å². The number of likely N-dealkylation sites (N-methyl/N-ethyl adjacent to an activating group) is 1. The van der Waals surface area contributed by atoms with Gasteiger partial charge in [0.1, 0.15) is 17.4 Å². The van der Waals surface area contributed by atoms with Crippen molar-refractivity contribution in [1.82, 2.24) is 4.90 Å². The molecule has 6 N–H and O–H groups in total. The molecule has 3 aliphatic rings. The maximum absolute atomic E-state index is 14.1. The molecule has 0 aliphatic heterocycles. The Balaban J connectivity index is 1.70. The molecular weight excluding hydrogens is 526 g/mol. The summed E-state index contributed by atoms with van der Waals surface area (Å²) in [6.07, 6.45) is -1.26.